The molecule has 0 N–H and O–H groups in total. The SMILES string of the molecule is CSc1c(Br)ccc(C(F)(F)F)c1F. The molecule has 0 aliphatic heterocycles. The summed E-state index contributed by atoms with van der Waals surface area (Å²) >= 11 is 3.91. The first-order valence-electron chi connectivity index (χ1n) is 3.47. The van der Waals surface area contributed by atoms with Gasteiger partial charge in [0.05, 0.1) is 10.5 Å². The summed E-state index contributed by atoms with van der Waals surface area (Å²) in [5.41, 5.74) is -1.23. The van der Waals surface area contributed by atoms with Crippen LogP contribution in [0.5, 0.6) is 0 Å². The van der Waals surface area contributed by atoms with Crippen LogP contribution in [0.1, 0.15) is 5.56 Å². The Balaban J connectivity index is 3.36. The molecule has 0 nitrogen and oxygen atoms in total. The summed E-state index contributed by atoms with van der Waals surface area (Å²) in [5, 5.41) is 0. The fourth-order valence-corrected chi connectivity index (χ4v) is 2.28. The van der Waals surface area contributed by atoms with Crippen molar-refractivity contribution in [2.75, 3.05) is 6.26 Å². The molecular formula is C8H5BrF4S. The number of thioether (sulfide) groups is 1. The van der Waals surface area contributed by atoms with E-state index in [1.165, 1.54) is 12.3 Å². The van der Waals surface area contributed by atoms with E-state index in [1.54, 1.807) is 0 Å². The topological polar surface area (TPSA) is 0 Å². The Hall–Kier alpha value is -0.230. The van der Waals surface area contributed by atoms with Crippen molar-refractivity contribution in [1.29, 1.82) is 0 Å². The van der Waals surface area contributed by atoms with Gasteiger partial charge in [-0.05, 0) is 34.3 Å². The van der Waals surface area contributed by atoms with Crippen molar-refractivity contribution < 1.29 is 17.6 Å². The van der Waals surface area contributed by atoms with Gasteiger partial charge < -0.3 is 0 Å². The van der Waals surface area contributed by atoms with Crippen LogP contribution in [-0.2, 0) is 6.18 Å². The molecule has 0 unspecified atom stereocenters. The summed E-state index contributed by atoms with van der Waals surface area (Å²) in [4.78, 5) is -0.0279. The van der Waals surface area contributed by atoms with Gasteiger partial charge in [0.25, 0.3) is 0 Å². The van der Waals surface area contributed by atoms with Crippen LogP contribution < -0.4 is 0 Å². The molecule has 14 heavy (non-hydrogen) atoms. The molecule has 78 valence electrons. The molecule has 6 heteroatoms. The second-order valence-electron chi connectivity index (χ2n) is 2.44. The number of rotatable bonds is 1. The average molecular weight is 289 g/mol. The first-order valence-corrected chi connectivity index (χ1v) is 5.49. The van der Waals surface area contributed by atoms with Crippen LogP contribution in [0.3, 0.4) is 0 Å². The largest absolute Gasteiger partial charge is 0.419 e. The highest BCUT2D eigenvalue weighted by molar-refractivity contribution is 9.10. The van der Waals surface area contributed by atoms with Crippen LogP contribution in [0.4, 0.5) is 17.6 Å². The van der Waals surface area contributed by atoms with Crippen LogP contribution in [0, 0.1) is 5.82 Å². The molecule has 0 radical (unpaired) electrons. The van der Waals surface area contributed by atoms with E-state index in [1.807, 2.05) is 0 Å². The van der Waals surface area contributed by atoms with Gasteiger partial charge >= 0.3 is 6.18 Å². The van der Waals surface area contributed by atoms with E-state index in [0.717, 1.165) is 17.8 Å². The van der Waals surface area contributed by atoms with Gasteiger partial charge in [-0.3, -0.25) is 0 Å². The molecule has 0 saturated heterocycles. The van der Waals surface area contributed by atoms with Crippen molar-refractivity contribution in [2.24, 2.45) is 0 Å². The fourth-order valence-electron chi connectivity index (χ4n) is 0.939. The normalized spacial score (nSPS) is 11.9. The Morgan fingerprint density at radius 3 is 2.29 bits per heavy atom. The zero-order valence-electron chi connectivity index (χ0n) is 6.95. The minimum atomic E-state index is -4.64. The number of alkyl halides is 3. The van der Waals surface area contributed by atoms with Gasteiger partial charge in [0.15, 0.2) is 0 Å². The molecule has 0 spiro atoms. The first-order chi connectivity index (χ1) is 6.38. The van der Waals surface area contributed by atoms with Crippen LogP contribution in [0.2, 0.25) is 0 Å². The Morgan fingerprint density at radius 1 is 1.29 bits per heavy atom. The quantitative estimate of drug-likeness (QED) is 0.548. The maximum Gasteiger partial charge on any atom is 0.419 e. The second kappa shape index (κ2) is 4.10. The van der Waals surface area contributed by atoms with Gasteiger partial charge in [0, 0.05) is 4.47 Å². The molecule has 0 aliphatic rings. The molecule has 0 aromatic heterocycles. The van der Waals surface area contributed by atoms with E-state index in [2.05, 4.69) is 15.9 Å². The molecule has 0 heterocycles. The predicted molar refractivity (Wildman–Crippen MR) is 50.9 cm³/mol. The average Bonchev–Trinajstić information content (AvgIpc) is 2.02. The van der Waals surface area contributed by atoms with Crippen molar-refractivity contribution in [1.82, 2.24) is 0 Å². The third kappa shape index (κ3) is 2.23. The summed E-state index contributed by atoms with van der Waals surface area (Å²) < 4.78 is 50.3. The summed E-state index contributed by atoms with van der Waals surface area (Å²) in [7, 11) is 0. The molecule has 0 amide bonds. The fraction of sp³-hybridized carbons (Fsp3) is 0.250. The number of hydrogen-bond donors (Lipinski definition) is 0. The van der Waals surface area contributed by atoms with E-state index in [9.17, 15) is 17.6 Å². The van der Waals surface area contributed by atoms with Gasteiger partial charge in [0.2, 0.25) is 0 Å². The smallest absolute Gasteiger partial charge is 0.205 e. The molecule has 1 aromatic carbocycles. The lowest BCUT2D eigenvalue weighted by Crippen LogP contribution is -2.08. The lowest BCUT2D eigenvalue weighted by atomic mass is 10.2. The van der Waals surface area contributed by atoms with E-state index in [-0.39, 0.29) is 4.90 Å². The van der Waals surface area contributed by atoms with Crippen molar-refractivity contribution in [3.05, 3.63) is 28.0 Å². The van der Waals surface area contributed by atoms with Gasteiger partial charge in [-0.1, -0.05) is 0 Å². The Kier molecular flexibility index (Phi) is 3.47. The summed E-state index contributed by atoms with van der Waals surface area (Å²) in [5.74, 6) is -1.22. The molecule has 0 atom stereocenters. The van der Waals surface area contributed by atoms with Gasteiger partial charge in [0.1, 0.15) is 5.82 Å². The Labute approximate surface area is 90.8 Å². The number of halogens is 5. The van der Waals surface area contributed by atoms with E-state index in [0.29, 0.717) is 4.47 Å². The maximum absolute atomic E-state index is 13.3. The molecule has 1 aromatic rings. The van der Waals surface area contributed by atoms with Crippen LogP contribution in [-0.4, -0.2) is 6.26 Å². The first kappa shape index (κ1) is 11.8. The molecule has 0 fully saturated rings. The minimum Gasteiger partial charge on any atom is -0.205 e. The third-order valence-corrected chi connectivity index (χ3v) is 3.29. The van der Waals surface area contributed by atoms with E-state index >= 15 is 0 Å². The van der Waals surface area contributed by atoms with Crippen LogP contribution >= 0.6 is 27.7 Å². The Morgan fingerprint density at radius 2 is 1.86 bits per heavy atom. The van der Waals surface area contributed by atoms with Gasteiger partial charge in [-0.25, -0.2) is 4.39 Å². The third-order valence-electron chi connectivity index (χ3n) is 1.56. The van der Waals surface area contributed by atoms with Gasteiger partial charge in [-0.2, -0.15) is 13.2 Å². The lowest BCUT2D eigenvalue weighted by molar-refractivity contribution is -0.140. The monoisotopic (exact) mass is 288 g/mol. The van der Waals surface area contributed by atoms with Crippen LogP contribution in [0.15, 0.2) is 21.5 Å². The highest BCUT2D eigenvalue weighted by Gasteiger charge is 2.35. The summed E-state index contributed by atoms with van der Waals surface area (Å²) in [6.45, 7) is 0. The second-order valence-corrected chi connectivity index (χ2v) is 4.11. The number of hydrogen-bond acceptors (Lipinski definition) is 1. The summed E-state index contributed by atoms with van der Waals surface area (Å²) in [6.07, 6.45) is -3.13. The maximum atomic E-state index is 13.3. The number of benzene rings is 1. The van der Waals surface area contributed by atoms with Crippen molar-refractivity contribution >= 4 is 27.7 Å². The molecule has 0 aliphatic carbocycles. The molecule has 0 bridgehead atoms. The van der Waals surface area contributed by atoms with Crippen molar-refractivity contribution in [2.45, 2.75) is 11.1 Å². The molecular weight excluding hydrogens is 284 g/mol. The Bertz CT molecular complexity index is 348. The van der Waals surface area contributed by atoms with Crippen LogP contribution in [0.25, 0.3) is 0 Å². The highest BCUT2D eigenvalue weighted by atomic mass is 79.9. The lowest BCUT2D eigenvalue weighted by Gasteiger charge is -2.11. The van der Waals surface area contributed by atoms with Crippen molar-refractivity contribution in [3.63, 3.8) is 0 Å². The summed E-state index contributed by atoms with van der Waals surface area (Å²) in [6, 6.07) is 1.91. The zero-order valence-corrected chi connectivity index (χ0v) is 9.36. The predicted octanol–water partition coefficient (Wildman–Crippen LogP) is 4.33. The molecule has 1 rings (SSSR count). The highest BCUT2D eigenvalue weighted by Crippen LogP contribution is 2.37. The minimum absolute atomic E-state index is 0.0279. The van der Waals surface area contributed by atoms with E-state index in [4.69, 9.17) is 0 Å². The van der Waals surface area contributed by atoms with Crippen molar-refractivity contribution in [3.8, 4) is 0 Å². The molecule has 0 saturated carbocycles. The standard InChI is InChI=1S/C8H5BrF4S/c1-14-7-5(9)3-2-4(6(7)10)8(11,12)13/h2-3H,1H3. The van der Waals surface area contributed by atoms with Gasteiger partial charge in [-0.15, -0.1) is 11.8 Å². The van der Waals surface area contributed by atoms with E-state index < -0.39 is 17.6 Å². The zero-order chi connectivity index (χ0) is 10.9.